The summed E-state index contributed by atoms with van der Waals surface area (Å²) in [6.45, 7) is 5.69. The van der Waals surface area contributed by atoms with E-state index >= 15 is 0 Å². The van der Waals surface area contributed by atoms with Crippen LogP contribution in [0.15, 0.2) is 72.4 Å². The van der Waals surface area contributed by atoms with Gasteiger partial charge in [0.2, 0.25) is 0 Å². The quantitative estimate of drug-likeness (QED) is 0.801. The molecule has 0 fully saturated rings. The van der Waals surface area contributed by atoms with Crippen molar-refractivity contribution < 1.29 is 24.5 Å². The summed E-state index contributed by atoms with van der Waals surface area (Å²) in [5.74, 6) is 0.251. The lowest BCUT2D eigenvalue weighted by Gasteiger charge is -2.37. The number of benzene rings is 2. The van der Waals surface area contributed by atoms with Gasteiger partial charge in [0, 0.05) is 28.8 Å². The number of ether oxygens (including phenoxy) is 2. The summed E-state index contributed by atoms with van der Waals surface area (Å²) < 4.78 is 11.8. The minimum absolute atomic E-state index is 0.0182. The highest BCUT2D eigenvalue weighted by Crippen LogP contribution is 2.57. The van der Waals surface area contributed by atoms with Crippen LogP contribution >= 0.6 is 0 Å². The van der Waals surface area contributed by atoms with Crippen molar-refractivity contribution in [2.24, 2.45) is 0 Å². The third-order valence-corrected chi connectivity index (χ3v) is 4.58. The van der Waals surface area contributed by atoms with Crippen molar-refractivity contribution in [1.29, 1.82) is 0 Å². The van der Waals surface area contributed by atoms with Gasteiger partial charge in [-0.2, -0.15) is 0 Å². The summed E-state index contributed by atoms with van der Waals surface area (Å²) in [4.78, 5) is 12.6. The molecule has 0 bridgehead atoms. The number of rotatable bonds is 2. The SMILES string of the molecule is C=CC1=C(/C=C\C)C(=O)OC12c1ccc(O)cc1Oc1cc(O)ccc12. The van der Waals surface area contributed by atoms with Crippen LogP contribution in [0.25, 0.3) is 0 Å². The fourth-order valence-electron chi connectivity index (χ4n) is 3.56. The number of aromatic hydroxyl groups is 2. The van der Waals surface area contributed by atoms with Crippen LogP contribution in [0, 0.1) is 0 Å². The van der Waals surface area contributed by atoms with E-state index in [1.165, 1.54) is 24.3 Å². The molecule has 2 heterocycles. The lowest BCUT2D eigenvalue weighted by atomic mass is 9.77. The molecule has 0 saturated carbocycles. The summed E-state index contributed by atoms with van der Waals surface area (Å²) >= 11 is 0. The van der Waals surface area contributed by atoms with Crippen molar-refractivity contribution in [2.75, 3.05) is 0 Å². The number of phenolic OH excluding ortho intramolecular Hbond substituents is 2. The second kappa shape index (κ2) is 5.52. The van der Waals surface area contributed by atoms with Gasteiger partial charge < -0.3 is 19.7 Å². The van der Waals surface area contributed by atoms with Crippen LogP contribution in [0.4, 0.5) is 0 Å². The second-order valence-electron chi connectivity index (χ2n) is 6.07. The monoisotopic (exact) mass is 348 g/mol. The Labute approximate surface area is 150 Å². The number of carbonyl (C=O) groups excluding carboxylic acids is 1. The lowest BCUT2D eigenvalue weighted by molar-refractivity contribution is -0.144. The van der Waals surface area contributed by atoms with Crippen LogP contribution in [0.5, 0.6) is 23.0 Å². The molecule has 2 N–H and O–H groups in total. The first-order valence-electron chi connectivity index (χ1n) is 8.09. The maximum atomic E-state index is 12.6. The van der Waals surface area contributed by atoms with E-state index in [2.05, 4.69) is 6.58 Å². The van der Waals surface area contributed by atoms with Crippen molar-refractivity contribution in [2.45, 2.75) is 12.5 Å². The van der Waals surface area contributed by atoms with Gasteiger partial charge in [0.1, 0.15) is 23.0 Å². The summed E-state index contributed by atoms with van der Waals surface area (Å²) in [5, 5.41) is 19.7. The highest BCUT2D eigenvalue weighted by atomic mass is 16.6. The second-order valence-corrected chi connectivity index (χ2v) is 6.07. The standard InChI is InChI=1S/C21H16O5/c1-3-5-14-15(4-2)21(26-20(14)24)16-8-6-12(22)10-18(16)25-19-11-13(23)7-9-17(19)21/h3-11,22-23H,2H2,1H3/b5-3-. The van der Waals surface area contributed by atoms with Gasteiger partial charge >= 0.3 is 5.97 Å². The first-order valence-corrected chi connectivity index (χ1v) is 8.09. The van der Waals surface area contributed by atoms with Crippen LogP contribution in [0.1, 0.15) is 18.1 Å². The van der Waals surface area contributed by atoms with E-state index in [9.17, 15) is 15.0 Å². The zero-order chi connectivity index (χ0) is 18.5. The molecule has 1 spiro atoms. The van der Waals surface area contributed by atoms with Gasteiger partial charge in [-0.25, -0.2) is 4.79 Å². The van der Waals surface area contributed by atoms with E-state index in [0.29, 0.717) is 33.8 Å². The summed E-state index contributed by atoms with van der Waals surface area (Å²) in [7, 11) is 0. The predicted octanol–water partition coefficient (Wildman–Crippen LogP) is 4.06. The topological polar surface area (TPSA) is 76.0 Å². The maximum Gasteiger partial charge on any atom is 0.340 e. The lowest BCUT2D eigenvalue weighted by Crippen LogP contribution is -2.33. The fraction of sp³-hybridized carbons (Fsp3) is 0.0952. The zero-order valence-corrected chi connectivity index (χ0v) is 14.0. The first kappa shape index (κ1) is 16.0. The van der Waals surface area contributed by atoms with Crippen molar-refractivity contribution in [1.82, 2.24) is 0 Å². The molecule has 5 heteroatoms. The minimum Gasteiger partial charge on any atom is -0.508 e. The third-order valence-electron chi connectivity index (χ3n) is 4.58. The van der Waals surface area contributed by atoms with Gasteiger partial charge in [0.05, 0.1) is 5.57 Å². The predicted molar refractivity (Wildman–Crippen MR) is 95.2 cm³/mol. The Morgan fingerprint density at radius 1 is 1.04 bits per heavy atom. The maximum absolute atomic E-state index is 12.6. The van der Waals surface area contributed by atoms with Gasteiger partial charge in [-0.05, 0) is 31.2 Å². The molecule has 130 valence electrons. The molecule has 0 amide bonds. The number of phenols is 2. The first-order chi connectivity index (χ1) is 12.5. The summed E-state index contributed by atoms with van der Waals surface area (Å²) in [6.07, 6.45) is 5.04. The van der Waals surface area contributed by atoms with Crippen molar-refractivity contribution >= 4 is 5.97 Å². The molecule has 2 aromatic carbocycles. The van der Waals surface area contributed by atoms with Gasteiger partial charge in [0.15, 0.2) is 5.60 Å². The summed E-state index contributed by atoms with van der Waals surface area (Å²) in [6, 6.07) is 9.25. The van der Waals surface area contributed by atoms with Gasteiger partial charge in [-0.3, -0.25) is 0 Å². The third kappa shape index (κ3) is 2.00. The normalized spacial score (nSPS) is 17.0. The zero-order valence-electron chi connectivity index (χ0n) is 14.0. The number of esters is 1. The molecule has 26 heavy (non-hydrogen) atoms. The molecule has 0 saturated heterocycles. The van der Waals surface area contributed by atoms with Crippen LogP contribution in [0.2, 0.25) is 0 Å². The van der Waals surface area contributed by atoms with Crippen LogP contribution in [-0.4, -0.2) is 16.2 Å². The smallest absolute Gasteiger partial charge is 0.340 e. The van der Waals surface area contributed by atoms with Crippen molar-refractivity contribution in [3.8, 4) is 23.0 Å². The van der Waals surface area contributed by atoms with E-state index in [0.717, 1.165) is 0 Å². The average Bonchev–Trinajstić information content (AvgIpc) is 2.87. The number of hydrogen-bond acceptors (Lipinski definition) is 5. The molecule has 0 atom stereocenters. The Kier molecular flexibility index (Phi) is 3.40. The van der Waals surface area contributed by atoms with E-state index < -0.39 is 11.6 Å². The number of allylic oxidation sites excluding steroid dienone is 1. The molecule has 0 unspecified atom stereocenters. The van der Waals surface area contributed by atoms with Gasteiger partial charge in [-0.15, -0.1) is 0 Å². The molecule has 2 aliphatic rings. The molecular formula is C21H16O5. The Morgan fingerprint density at radius 3 is 2.12 bits per heavy atom. The Morgan fingerprint density at radius 2 is 1.62 bits per heavy atom. The van der Waals surface area contributed by atoms with E-state index in [1.54, 1.807) is 30.4 Å². The van der Waals surface area contributed by atoms with Crippen LogP contribution in [-0.2, 0) is 15.1 Å². The number of carbonyl (C=O) groups is 1. The molecule has 4 rings (SSSR count). The van der Waals surface area contributed by atoms with Gasteiger partial charge in [0.25, 0.3) is 0 Å². The van der Waals surface area contributed by atoms with Crippen molar-refractivity contribution in [3.63, 3.8) is 0 Å². The summed E-state index contributed by atoms with van der Waals surface area (Å²) in [5.41, 5.74) is 0.899. The Hall–Kier alpha value is -3.47. The average molecular weight is 348 g/mol. The Balaban J connectivity index is 2.12. The van der Waals surface area contributed by atoms with Crippen LogP contribution < -0.4 is 4.74 Å². The molecule has 0 radical (unpaired) electrons. The van der Waals surface area contributed by atoms with E-state index in [4.69, 9.17) is 9.47 Å². The molecule has 5 nitrogen and oxygen atoms in total. The number of hydrogen-bond donors (Lipinski definition) is 2. The molecule has 2 aliphatic heterocycles. The highest BCUT2D eigenvalue weighted by Gasteiger charge is 2.53. The number of fused-ring (bicyclic) bond motifs is 4. The molecule has 0 aromatic heterocycles. The largest absolute Gasteiger partial charge is 0.508 e. The van der Waals surface area contributed by atoms with E-state index in [-0.39, 0.29) is 11.5 Å². The van der Waals surface area contributed by atoms with E-state index in [1.807, 2.05) is 6.92 Å². The van der Waals surface area contributed by atoms with Crippen molar-refractivity contribution in [3.05, 3.63) is 83.5 Å². The minimum atomic E-state index is -1.25. The highest BCUT2D eigenvalue weighted by molar-refractivity contribution is 5.98. The fourth-order valence-corrected chi connectivity index (χ4v) is 3.56. The molecule has 0 aliphatic carbocycles. The molecule has 2 aromatic rings. The Bertz CT molecular complexity index is 962. The molecular weight excluding hydrogens is 332 g/mol. The van der Waals surface area contributed by atoms with Crippen LogP contribution in [0.3, 0.4) is 0 Å². The van der Waals surface area contributed by atoms with Gasteiger partial charge in [-0.1, -0.05) is 24.8 Å².